The van der Waals surface area contributed by atoms with Gasteiger partial charge >= 0.3 is 11.7 Å². The van der Waals surface area contributed by atoms with Crippen LogP contribution in [-0.2, 0) is 14.3 Å². The van der Waals surface area contributed by atoms with Gasteiger partial charge < -0.3 is 14.4 Å². The monoisotopic (exact) mass is 382 g/mol. The maximum Gasteiger partial charge on any atom is 0.311 e. The fraction of sp³-hybridized carbons (Fsp3) is 0.529. The van der Waals surface area contributed by atoms with Crippen molar-refractivity contribution in [2.24, 2.45) is 0 Å². The summed E-state index contributed by atoms with van der Waals surface area (Å²) in [5.74, 6) is 0.410. The minimum absolute atomic E-state index is 0.0465. The largest absolute Gasteiger partial charge is 0.484 e. The van der Waals surface area contributed by atoms with Gasteiger partial charge in [0.25, 0.3) is 0 Å². The van der Waals surface area contributed by atoms with Crippen molar-refractivity contribution in [2.75, 3.05) is 25.5 Å². The molecular formula is C17H22N2O6S. The Kier molecular flexibility index (Phi) is 7.26. The number of esters is 1. The van der Waals surface area contributed by atoms with Gasteiger partial charge in [-0.1, -0.05) is 6.07 Å². The Balaban J connectivity index is 1.94. The van der Waals surface area contributed by atoms with Crippen LogP contribution >= 0.6 is 11.8 Å². The average molecular weight is 382 g/mol. The summed E-state index contributed by atoms with van der Waals surface area (Å²) in [5, 5.41) is 10.9. The fourth-order valence-corrected chi connectivity index (χ4v) is 3.72. The Labute approximate surface area is 156 Å². The van der Waals surface area contributed by atoms with Gasteiger partial charge in [0, 0.05) is 24.8 Å². The van der Waals surface area contributed by atoms with Crippen molar-refractivity contribution < 1.29 is 24.0 Å². The van der Waals surface area contributed by atoms with E-state index in [0.29, 0.717) is 13.2 Å². The van der Waals surface area contributed by atoms with Gasteiger partial charge in [0.15, 0.2) is 5.75 Å². The molecule has 8 nitrogen and oxygen atoms in total. The molecule has 0 aliphatic carbocycles. The van der Waals surface area contributed by atoms with E-state index in [1.807, 2.05) is 0 Å². The van der Waals surface area contributed by atoms with Crippen LogP contribution in [0.3, 0.4) is 0 Å². The summed E-state index contributed by atoms with van der Waals surface area (Å²) >= 11 is 1.55. The van der Waals surface area contributed by atoms with Crippen LogP contribution in [-0.4, -0.2) is 52.6 Å². The standard InChI is InChI=1S/C17H22N2O6S/c1-3-24-17(21)7-6-15(20)18-8-9-26-16(18)11-25-14-5-4-12(2)10-13(14)19(22)23/h4-5,10,16H,3,6-9,11H2,1-2H3/t16-/m1/s1. The molecule has 1 aromatic carbocycles. The second-order valence-electron chi connectivity index (χ2n) is 5.76. The van der Waals surface area contributed by atoms with Gasteiger partial charge in [-0.05, 0) is 25.5 Å². The van der Waals surface area contributed by atoms with E-state index in [1.165, 1.54) is 6.07 Å². The summed E-state index contributed by atoms with van der Waals surface area (Å²) in [4.78, 5) is 36.1. The quantitative estimate of drug-likeness (QED) is 0.387. The highest BCUT2D eigenvalue weighted by molar-refractivity contribution is 8.00. The molecule has 1 saturated heterocycles. The molecular weight excluding hydrogens is 360 g/mol. The Morgan fingerprint density at radius 2 is 2.15 bits per heavy atom. The van der Waals surface area contributed by atoms with Gasteiger partial charge in [-0.25, -0.2) is 0 Å². The molecule has 0 spiro atoms. The maximum atomic E-state index is 12.3. The van der Waals surface area contributed by atoms with Crippen molar-refractivity contribution in [3.8, 4) is 5.75 Å². The maximum absolute atomic E-state index is 12.3. The normalized spacial score (nSPS) is 16.4. The van der Waals surface area contributed by atoms with E-state index in [1.54, 1.807) is 42.6 Å². The van der Waals surface area contributed by atoms with Crippen molar-refractivity contribution in [3.05, 3.63) is 33.9 Å². The molecule has 0 bridgehead atoms. The van der Waals surface area contributed by atoms with Crippen LogP contribution in [0, 0.1) is 17.0 Å². The van der Waals surface area contributed by atoms with Crippen LogP contribution in [0.5, 0.6) is 5.75 Å². The summed E-state index contributed by atoms with van der Waals surface area (Å²) in [6.45, 7) is 4.50. The molecule has 0 N–H and O–H groups in total. The number of hydrogen-bond donors (Lipinski definition) is 0. The van der Waals surface area contributed by atoms with Crippen LogP contribution in [0.1, 0.15) is 25.3 Å². The number of carbonyl (C=O) groups is 2. The average Bonchev–Trinajstić information content (AvgIpc) is 3.07. The smallest absolute Gasteiger partial charge is 0.311 e. The minimum atomic E-state index is -0.480. The van der Waals surface area contributed by atoms with Crippen molar-refractivity contribution >= 4 is 29.3 Å². The van der Waals surface area contributed by atoms with E-state index in [4.69, 9.17) is 9.47 Å². The number of nitrogens with zero attached hydrogens (tertiary/aromatic N) is 2. The van der Waals surface area contributed by atoms with Crippen LogP contribution < -0.4 is 4.74 Å². The predicted molar refractivity (Wildman–Crippen MR) is 97.2 cm³/mol. The number of thioether (sulfide) groups is 1. The Morgan fingerprint density at radius 3 is 2.85 bits per heavy atom. The molecule has 1 heterocycles. The molecule has 1 aliphatic rings. The van der Waals surface area contributed by atoms with Crippen molar-refractivity contribution in [1.82, 2.24) is 4.90 Å². The lowest BCUT2D eigenvalue weighted by atomic mass is 10.2. The summed E-state index contributed by atoms with van der Waals surface area (Å²) in [6, 6.07) is 4.77. The number of amides is 1. The first-order chi connectivity index (χ1) is 12.4. The Bertz CT molecular complexity index is 681. The molecule has 0 saturated carbocycles. The van der Waals surface area contributed by atoms with Gasteiger partial charge in [0.2, 0.25) is 5.91 Å². The Hall–Kier alpha value is -2.29. The molecule has 0 aromatic heterocycles. The zero-order valence-corrected chi connectivity index (χ0v) is 15.6. The summed E-state index contributed by atoms with van der Waals surface area (Å²) in [7, 11) is 0. The van der Waals surface area contributed by atoms with Gasteiger partial charge in [-0.15, -0.1) is 11.8 Å². The number of nitro benzene ring substituents is 1. The number of rotatable bonds is 8. The summed E-state index contributed by atoms with van der Waals surface area (Å²) in [6.07, 6.45) is 0.130. The zero-order valence-electron chi connectivity index (χ0n) is 14.8. The van der Waals surface area contributed by atoms with E-state index in [2.05, 4.69) is 0 Å². The molecule has 0 unspecified atom stereocenters. The van der Waals surface area contributed by atoms with Crippen LogP contribution in [0.2, 0.25) is 0 Å². The number of hydrogen-bond acceptors (Lipinski definition) is 7. The number of aryl methyl sites for hydroxylation is 1. The highest BCUT2D eigenvalue weighted by atomic mass is 32.2. The van der Waals surface area contributed by atoms with Gasteiger partial charge in [-0.2, -0.15) is 0 Å². The summed E-state index contributed by atoms with van der Waals surface area (Å²) < 4.78 is 10.5. The third-order valence-corrected chi connectivity index (χ3v) is 5.04. The molecule has 2 rings (SSSR count). The topological polar surface area (TPSA) is 99.0 Å². The first kappa shape index (κ1) is 20.0. The third kappa shape index (κ3) is 5.35. The number of ether oxygens (including phenoxy) is 2. The van der Waals surface area contributed by atoms with Gasteiger partial charge in [0.1, 0.15) is 12.0 Å². The first-order valence-corrected chi connectivity index (χ1v) is 9.41. The second kappa shape index (κ2) is 9.42. The lowest BCUT2D eigenvalue weighted by Gasteiger charge is -2.23. The highest BCUT2D eigenvalue weighted by Crippen LogP contribution is 2.30. The van der Waals surface area contributed by atoms with Crippen molar-refractivity contribution in [1.29, 1.82) is 0 Å². The predicted octanol–water partition coefficient (Wildman–Crippen LogP) is 2.53. The van der Waals surface area contributed by atoms with Crippen molar-refractivity contribution in [3.63, 3.8) is 0 Å². The molecule has 1 aromatic rings. The van der Waals surface area contributed by atoms with Crippen molar-refractivity contribution in [2.45, 2.75) is 32.1 Å². The zero-order chi connectivity index (χ0) is 19.1. The molecule has 9 heteroatoms. The molecule has 0 radical (unpaired) electrons. The lowest BCUT2D eigenvalue weighted by molar-refractivity contribution is -0.385. The van der Waals surface area contributed by atoms with E-state index in [0.717, 1.165) is 11.3 Å². The molecule has 26 heavy (non-hydrogen) atoms. The van der Waals surface area contributed by atoms with Gasteiger partial charge in [0.05, 0.1) is 18.0 Å². The van der Waals surface area contributed by atoms with Gasteiger partial charge in [-0.3, -0.25) is 19.7 Å². The second-order valence-corrected chi connectivity index (χ2v) is 7.04. The summed E-state index contributed by atoms with van der Waals surface area (Å²) in [5.41, 5.74) is 0.684. The van der Waals surface area contributed by atoms with Crippen LogP contribution in [0.4, 0.5) is 5.69 Å². The number of carbonyl (C=O) groups excluding carboxylic acids is 2. The third-order valence-electron chi connectivity index (χ3n) is 3.85. The number of benzene rings is 1. The first-order valence-electron chi connectivity index (χ1n) is 8.37. The van der Waals surface area contributed by atoms with E-state index < -0.39 is 10.9 Å². The Morgan fingerprint density at radius 1 is 1.38 bits per heavy atom. The number of nitro groups is 1. The van der Waals surface area contributed by atoms with E-state index in [-0.39, 0.29) is 42.2 Å². The molecule has 1 atom stereocenters. The molecule has 1 fully saturated rings. The van der Waals surface area contributed by atoms with Crippen LogP contribution in [0.15, 0.2) is 18.2 Å². The van der Waals surface area contributed by atoms with E-state index >= 15 is 0 Å². The molecule has 1 aliphatic heterocycles. The minimum Gasteiger partial charge on any atom is -0.484 e. The molecule has 1 amide bonds. The van der Waals surface area contributed by atoms with E-state index in [9.17, 15) is 19.7 Å². The SMILES string of the molecule is CCOC(=O)CCC(=O)N1CCS[C@@H]1COc1ccc(C)cc1[N+](=O)[O-]. The fourth-order valence-electron chi connectivity index (χ4n) is 2.58. The molecule has 142 valence electrons. The lowest BCUT2D eigenvalue weighted by Crippen LogP contribution is -2.38. The highest BCUT2D eigenvalue weighted by Gasteiger charge is 2.30. The van der Waals surface area contributed by atoms with Crippen LogP contribution in [0.25, 0.3) is 0 Å².